The van der Waals surface area contributed by atoms with E-state index < -0.39 is 30.1 Å². The SMILES string of the molecule is C=C(C/C=C/C(OC(=O)OCC)c1ccccc1)CC(C(=O)OC)C(=O)OC. The molecule has 0 saturated heterocycles. The van der Waals surface area contributed by atoms with E-state index >= 15 is 0 Å². The first-order valence-electron chi connectivity index (χ1n) is 8.80. The molecule has 0 amide bonds. The number of benzene rings is 1. The molecule has 0 aliphatic rings. The maximum Gasteiger partial charge on any atom is 0.509 e. The Labute approximate surface area is 164 Å². The van der Waals surface area contributed by atoms with Gasteiger partial charge in [0.05, 0.1) is 20.8 Å². The van der Waals surface area contributed by atoms with E-state index in [0.29, 0.717) is 12.0 Å². The third kappa shape index (κ3) is 7.65. The van der Waals surface area contributed by atoms with Crippen LogP contribution in [0.3, 0.4) is 0 Å². The van der Waals surface area contributed by atoms with Crippen LogP contribution in [0.4, 0.5) is 4.79 Å². The second-order valence-corrected chi connectivity index (χ2v) is 5.82. The van der Waals surface area contributed by atoms with Gasteiger partial charge in [0.2, 0.25) is 0 Å². The van der Waals surface area contributed by atoms with Crippen LogP contribution in [-0.4, -0.2) is 38.9 Å². The van der Waals surface area contributed by atoms with Crippen molar-refractivity contribution in [3.8, 4) is 0 Å². The molecule has 1 aromatic rings. The number of methoxy groups -OCH3 is 2. The molecule has 0 spiro atoms. The zero-order valence-corrected chi connectivity index (χ0v) is 16.4. The summed E-state index contributed by atoms with van der Waals surface area (Å²) in [5.41, 5.74) is 1.40. The summed E-state index contributed by atoms with van der Waals surface area (Å²) in [6.07, 6.45) is 2.52. The number of rotatable bonds is 10. The third-order valence-electron chi connectivity index (χ3n) is 3.80. The Morgan fingerprint density at radius 1 is 1.07 bits per heavy atom. The van der Waals surface area contributed by atoms with Gasteiger partial charge in [0, 0.05) is 0 Å². The molecular weight excluding hydrogens is 364 g/mol. The fourth-order valence-corrected chi connectivity index (χ4v) is 2.39. The second kappa shape index (κ2) is 12.3. The van der Waals surface area contributed by atoms with Crippen LogP contribution in [0.25, 0.3) is 0 Å². The molecule has 1 atom stereocenters. The van der Waals surface area contributed by atoms with Crippen molar-refractivity contribution in [1.82, 2.24) is 0 Å². The van der Waals surface area contributed by atoms with Gasteiger partial charge in [-0.1, -0.05) is 48.6 Å². The van der Waals surface area contributed by atoms with Gasteiger partial charge < -0.3 is 18.9 Å². The molecule has 1 unspecified atom stereocenters. The van der Waals surface area contributed by atoms with Crippen LogP contribution in [-0.2, 0) is 28.5 Å². The van der Waals surface area contributed by atoms with Gasteiger partial charge in [-0.3, -0.25) is 9.59 Å². The van der Waals surface area contributed by atoms with Crippen LogP contribution in [0.1, 0.15) is 31.4 Å². The second-order valence-electron chi connectivity index (χ2n) is 5.82. The highest BCUT2D eigenvalue weighted by Crippen LogP contribution is 2.22. The van der Waals surface area contributed by atoms with Crippen LogP contribution in [0.15, 0.2) is 54.6 Å². The Bertz CT molecular complexity index is 678. The van der Waals surface area contributed by atoms with Crippen molar-refractivity contribution < 1.29 is 33.3 Å². The minimum absolute atomic E-state index is 0.0957. The average Bonchev–Trinajstić information content (AvgIpc) is 2.71. The van der Waals surface area contributed by atoms with E-state index in [1.165, 1.54) is 14.2 Å². The molecule has 0 heterocycles. The van der Waals surface area contributed by atoms with E-state index in [2.05, 4.69) is 16.1 Å². The first-order chi connectivity index (χ1) is 13.4. The molecule has 0 aromatic heterocycles. The molecular formula is C21H26O7. The van der Waals surface area contributed by atoms with E-state index in [4.69, 9.17) is 9.47 Å². The normalized spacial score (nSPS) is 11.7. The lowest BCUT2D eigenvalue weighted by Crippen LogP contribution is -2.26. The van der Waals surface area contributed by atoms with Crippen LogP contribution in [0.2, 0.25) is 0 Å². The van der Waals surface area contributed by atoms with Gasteiger partial charge in [0.15, 0.2) is 5.92 Å². The summed E-state index contributed by atoms with van der Waals surface area (Å²) >= 11 is 0. The van der Waals surface area contributed by atoms with Gasteiger partial charge in [0.1, 0.15) is 6.10 Å². The van der Waals surface area contributed by atoms with E-state index in [1.807, 2.05) is 30.3 Å². The molecule has 0 aliphatic heterocycles. The minimum atomic E-state index is -1.06. The first-order valence-corrected chi connectivity index (χ1v) is 8.80. The highest BCUT2D eigenvalue weighted by molar-refractivity contribution is 5.95. The molecule has 0 radical (unpaired) electrons. The van der Waals surface area contributed by atoms with Gasteiger partial charge >= 0.3 is 18.1 Å². The van der Waals surface area contributed by atoms with Crippen molar-refractivity contribution in [2.75, 3.05) is 20.8 Å². The summed E-state index contributed by atoms with van der Waals surface area (Å²) in [5.74, 6) is -2.41. The standard InChI is InChI=1S/C21H26O7/c1-5-27-21(24)28-18(16-11-7-6-8-12-16)13-9-10-15(2)14-17(19(22)25-3)20(23)26-4/h6-9,11-13,17-18H,2,5,10,14H2,1,3-4H3/b13-9+. The summed E-state index contributed by atoms with van der Waals surface area (Å²) in [7, 11) is 2.41. The summed E-state index contributed by atoms with van der Waals surface area (Å²) in [5, 5.41) is 0. The Morgan fingerprint density at radius 2 is 1.68 bits per heavy atom. The predicted molar refractivity (Wildman–Crippen MR) is 102 cm³/mol. The summed E-state index contributed by atoms with van der Waals surface area (Å²) in [6.45, 7) is 5.79. The number of esters is 2. The van der Waals surface area contributed by atoms with Crippen molar-refractivity contribution in [2.45, 2.75) is 25.9 Å². The zero-order valence-electron chi connectivity index (χ0n) is 16.4. The average molecular weight is 390 g/mol. The molecule has 1 rings (SSSR count). The van der Waals surface area contributed by atoms with E-state index in [-0.39, 0.29) is 13.0 Å². The Hall–Kier alpha value is -3.09. The van der Waals surface area contributed by atoms with Gasteiger partial charge in [-0.25, -0.2) is 4.79 Å². The fraction of sp³-hybridized carbons (Fsp3) is 0.381. The molecule has 0 N–H and O–H groups in total. The highest BCUT2D eigenvalue weighted by atomic mass is 16.7. The quantitative estimate of drug-likeness (QED) is 0.260. The number of carbonyl (C=O) groups is 3. The maximum atomic E-state index is 11.7. The van der Waals surface area contributed by atoms with Crippen LogP contribution in [0, 0.1) is 5.92 Å². The smallest absolute Gasteiger partial charge is 0.468 e. The lowest BCUT2D eigenvalue weighted by molar-refractivity contribution is -0.158. The molecule has 0 bridgehead atoms. The summed E-state index contributed by atoms with van der Waals surface area (Å²) in [6, 6.07) is 9.18. The zero-order chi connectivity index (χ0) is 20.9. The molecule has 1 aromatic carbocycles. The van der Waals surface area contributed by atoms with Crippen LogP contribution >= 0.6 is 0 Å². The van der Waals surface area contributed by atoms with Crippen molar-refractivity contribution in [3.05, 3.63) is 60.2 Å². The number of hydrogen-bond donors (Lipinski definition) is 0. The Balaban J connectivity index is 2.78. The molecule has 0 fully saturated rings. The van der Waals surface area contributed by atoms with Crippen molar-refractivity contribution >= 4 is 18.1 Å². The lowest BCUT2D eigenvalue weighted by atomic mass is 9.98. The molecule has 7 heteroatoms. The number of carbonyl (C=O) groups excluding carboxylic acids is 3. The van der Waals surface area contributed by atoms with Gasteiger partial charge in [-0.15, -0.1) is 0 Å². The third-order valence-corrected chi connectivity index (χ3v) is 3.80. The van der Waals surface area contributed by atoms with E-state index in [1.54, 1.807) is 19.1 Å². The topological polar surface area (TPSA) is 88.1 Å². The van der Waals surface area contributed by atoms with Crippen molar-refractivity contribution in [3.63, 3.8) is 0 Å². The van der Waals surface area contributed by atoms with Crippen molar-refractivity contribution in [1.29, 1.82) is 0 Å². The molecule has 0 saturated carbocycles. The first kappa shape index (κ1) is 23.0. The summed E-state index contributed by atoms with van der Waals surface area (Å²) < 4.78 is 19.4. The molecule has 0 aliphatic carbocycles. The molecule has 152 valence electrons. The van der Waals surface area contributed by atoms with Crippen LogP contribution in [0.5, 0.6) is 0 Å². The number of allylic oxidation sites excluding steroid dienone is 2. The number of ether oxygens (including phenoxy) is 4. The maximum absolute atomic E-state index is 11.7. The monoisotopic (exact) mass is 390 g/mol. The highest BCUT2D eigenvalue weighted by Gasteiger charge is 2.28. The fourth-order valence-electron chi connectivity index (χ4n) is 2.39. The van der Waals surface area contributed by atoms with Gasteiger partial charge in [-0.2, -0.15) is 0 Å². The predicted octanol–water partition coefficient (Wildman–Crippen LogP) is 3.76. The van der Waals surface area contributed by atoms with E-state index in [9.17, 15) is 14.4 Å². The lowest BCUT2D eigenvalue weighted by Gasteiger charge is -2.15. The largest absolute Gasteiger partial charge is 0.509 e. The summed E-state index contributed by atoms with van der Waals surface area (Å²) in [4.78, 5) is 35.2. The molecule has 28 heavy (non-hydrogen) atoms. The van der Waals surface area contributed by atoms with Gasteiger partial charge in [-0.05, 0) is 31.4 Å². The van der Waals surface area contributed by atoms with E-state index in [0.717, 1.165) is 5.56 Å². The van der Waals surface area contributed by atoms with Crippen molar-refractivity contribution in [2.24, 2.45) is 5.92 Å². The number of hydrogen-bond acceptors (Lipinski definition) is 7. The minimum Gasteiger partial charge on any atom is -0.468 e. The molecule has 7 nitrogen and oxygen atoms in total. The Morgan fingerprint density at radius 3 is 2.21 bits per heavy atom. The van der Waals surface area contributed by atoms with Gasteiger partial charge in [0.25, 0.3) is 0 Å². The Kier molecular flexibility index (Phi) is 10.1. The van der Waals surface area contributed by atoms with Crippen LogP contribution < -0.4 is 0 Å².